The van der Waals surface area contributed by atoms with Gasteiger partial charge in [0.2, 0.25) is 10.0 Å². The van der Waals surface area contributed by atoms with Crippen LogP contribution < -0.4 is 14.4 Å². The van der Waals surface area contributed by atoms with Gasteiger partial charge in [0.05, 0.1) is 18.5 Å². The van der Waals surface area contributed by atoms with Gasteiger partial charge in [0, 0.05) is 11.6 Å². The van der Waals surface area contributed by atoms with Gasteiger partial charge in [0.15, 0.2) is 0 Å². The molecule has 1 heterocycles. The van der Waals surface area contributed by atoms with E-state index in [9.17, 15) is 13.2 Å². The molecule has 1 N–H and O–H groups in total. The number of hydrogen-bond donors (Lipinski definition) is 1. The van der Waals surface area contributed by atoms with E-state index in [2.05, 4.69) is 11.4 Å². The zero-order chi connectivity index (χ0) is 20.5. The number of aryl methyl sites for hydroxylation is 2. The molecule has 0 saturated heterocycles. The lowest BCUT2D eigenvalue weighted by Crippen LogP contribution is -2.34. The van der Waals surface area contributed by atoms with Gasteiger partial charge >= 0.3 is 0 Å². The highest BCUT2D eigenvalue weighted by atomic mass is 32.2. The number of rotatable bonds is 6. The second-order valence-corrected chi connectivity index (χ2v) is 9.19. The molecule has 28 heavy (non-hydrogen) atoms. The van der Waals surface area contributed by atoms with Crippen molar-refractivity contribution in [2.75, 3.05) is 23.7 Å². The Labute approximate surface area is 166 Å². The summed E-state index contributed by atoms with van der Waals surface area (Å²) in [6.45, 7) is 6.65. The van der Waals surface area contributed by atoms with Crippen LogP contribution in [0.3, 0.4) is 0 Å². The molecular formula is C21H26N2O4S. The van der Waals surface area contributed by atoms with Crippen molar-refractivity contribution in [2.45, 2.75) is 33.2 Å². The summed E-state index contributed by atoms with van der Waals surface area (Å²) in [6, 6.07) is 11.0. The van der Waals surface area contributed by atoms with Crippen molar-refractivity contribution >= 4 is 21.6 Å². The van der Waals surface area contributed by atoms with Crippen molar-refractivity contribution in [3.63, 3.8) is 0 Å². The maximum atomic E-state index is 12.4. The third-order valence-corrected chi connectivity index (χ3v) is 6.10. The maximum Gasteiger partial charge on any atom is 0.251 e. The van der Waals surface area contributed by atoms with E-state index < -0.39 is 10.0 Å². The molecule has 2 aromatic carbocycles. The van der Waals surface area contributed by atoms with Gasteiger partial charge in [-0.3, -0.25) is 9.10 Å². The minimum atomic E-state index is -3.33. The molecule has 0 aromatic heterocycles. The average Bonchev–Trinajstić information content (AvgIpc) is 2.94. The topological polar surface area (TPSA) is 75.7 Å². The Kier molecular flexibility index (Phi) is 5.65. The molecule has 3 rings (SSSR count). The lowest BCUT2D eigenvalue weighted by molar-refractivity contribution is 0.0947. The lowest BCUT2D eigenvalue weighted by atomic mass is 10.1. The minimum absolute atomic E-state index is 0.144. The monoisotopic (exact) mass is 402 g/mol. The summed E-state index contributed by atoms with van der Waals surface area (Å²) in [7, 11) is -3.33. The van der Waals surface area contributed by atoms with Gasteiger partial charge < -0.3 is 10.1 Å². The van der Waals surface area contributed by atoms with Crippen molar-refractivity contribution in [2.24, 2.45) is 0 Å². The summed E-state index contributed by atoms with van der Waals surface area (Å²) in [5.41, 5.74) is 4.29. The predicted octanol–water partition coefficient (Wildman–Crippen LogP) is 2.82. The van der Waals surface area contributed by atoms with Crippen LogP contribution in [0.4, 0.5) is 5.69 Å². The fourth-order valence-electron chi connectivity index (χ4n) is 3.64. The van der Waals surface area contributed by atoms with E-state index in [4.69, 9.17) is 4.74 Å². The second-order valence-electron chi connectivity index (χ2n) is 7.33. The Balaban J connectivity index is 1.59. The fourth-order valence-corrected chi connectivity index (χ4v) is 4.90. The lowest BCUT2D eigenvalue weighted by Gasteiger charge is -2.21. The minimum Gasteiger partial charge on any atom is -0.491 e. The number of benzene rings is 2. The number of carbonyl (C=O) groups is 1. The van der Waals surface area contributed by atoms with Crippen LogP contribution in [-0.4, -0.2) is 39.8 Å². The molecule has 6 nitrogen and oxygen atoms in total. The zero-order valence-electron chi connectivity index (χ0n) is 16.7. The van der Waals surface area contributed by atoms with Gasteiger partial charge in [0.25, 0.3) is 5.91 Å². The van der Waals surface area contributed by atoms with Crippen LogP contribution in [0.15, 0.2) is 36.4 Å². The number of anilines is 1. The molecule has 0 unspecified atom stereocenters. The fraction of sp³-hybridized carbons (Fsp3) is 0.381. The van der Waals surface area contributed by atoms with E-state index in [-0.39, 0.29) is 11.9 Å². The summed E-state index contributed by atoms with van der Waals surface area (Å²) in [4.78, 5) is 12.4. The van der Waals surface area contributed by atoms with Crippen LogP contribution >= 0.6 is 0 Å². The number of nitrogens with zero attached hydrogens (tertiary/aromatic N) is 1. The molecule has 0 fully saturated rings. The van der Waals surface area contributed by atoms with E-state index >= 15 is 0 Å². The number of sulfonamides is 1. The Hall–Kier alpha value is -2.54. The number of ether oxygens (including phenoxy) is 1. The van der Waals surface area contributed by atoms with E-state index in [0.717, 1.165) is 16.9 Å². The van der Waals surface area contributed by atoms with Gasteiger partial charge in [-0.2, -0.15) is 0 Å². The highest BCUT2D eigenvalue weighted by Gasteiger charge is 2.32. The van der Waals surface area contributed by atoms with E-state index in [0.29, 0.717) is 30.8 Å². The Morgan fingerprint density at radius 1 is 1.21 bits per heavy atom. The number of nitrogens with one attached hydrogen (secondary N) is 1. The molecule has 1 aliphatic heterocycles. The zero-order valence-corrected chi connectivity index (χ0v) is 17.5. The van der Waals surface area contributed by atoms with Crippen LogP contribution in [0, 0.1) is 13.8 Å². The third kappa shape index (κ3) is 4.30. The van der Waals surface area contributed by atoms with E-state index in [1.54, 1.807) is 18.2 Å². The predicted molar refractivity (Wildman–Crippen MR) is 111 cm³/mol. The van der Waals surface area contributed by atoms with Crippen molar-refractivity contribution in [3.05, 3.63) is 58.7 Å². The third-order valence-electron chi connectivity index (χ3n) is 4.83. The molecule has 0 spiro atoms. The van der Waals surface area contributed by atoms with Gasteiger partial charge in [0.1, 0.15) is 12.4 Å². The molecule has 0 radical (unpaired) electrons. The Morgan fingerprint density at radius 3 is 2.64 bits per heavy atom. The van der Waals surface area contributed by atoms with E-state index in [1.807, 2.05) is 32.9 Å². The van der Waals surface area contributed by atoms with Crippen LogP contribution in [-0.2, 0) is 16.4 Å². The molecule has 150 valence electrons. The molecule has 0 saturated carbocycles. The maximum absolute atomic E-state index is 12.4. The van der Waals surface area contributed by atoms with Crippen LogP contribution in [0.25, 0.3) is 0 Å². The summed E-state index contributed by atoms with van der Waals surface area (Å²) >= 11 is 0. The number of hydrogen-bond acceptors (Lipinski definition) is 4. The van der Waals surface area contributed by atoms with Crippen molar-refractivity contribution in [1.82, 2.24) is 5.32 Å². The molecular weight excluding hydrogens is 376 g/mol. The van der Waals surface area contributed by atoms with Gasteiger partial charge in [-0.1, -0.05) is 17.7 Å². The standard InChI is InChI=1S/C21H26N2O4S/c1-14-5-8-20(15(2)11-14)27-10-9-22-21(24)17-6-7-19-18(13-17)12-16(3)23(19)28(4,25)26/h5-8,11,13,16H,9-10,12H2,1-4H3,(H,22,24)/t16-/m1/s1. The molecule has 1 aliphatic rings. The van der Waals surface area contributed by atoms with Gasteiger partial charge in [-0.05, 0) is 62.6 Å². The highest BCUT2D eigenvalue weighted by molar-refractivity contribution is 7.92. The first-order valence-corrected chi connectivity index (χ1v) is 11.1. The molecule has 0 aliphatic carbocycles. The Bertz CT molecular complexity index is 1000. The molecule has 2 aromatic rings. The normalized spacial score (nSPS) is 16.0. The van der Waals surface area contributed by atoms with Crippen molar-refractivity contribution < 1.29 is 17.9 Å². The first-order valence-electron chi connectivity index (χ1n) is 9.27. The smallest absolute Gasteiger partial charge is 0.251 e. The quantitative estimate of drug-likeness (QED) is 0.754. The molecule has 1 atom stereocenters. The van der Waals surface area contributed by atoms with Crippen LogP contribution in [0.2, 0.25) is 0 Å². The van der Waals surface area contributed by atoms with Crippen LogP contribution in [0.1, 0.15) is 34.0 Å². The van der Waals surface area contributed by atoms with Crippen molar-refractivity contribution in [1.29, 1.82) is 0 Å². The van der Waals surface area contributed by atoms with Gasteiger partial charge in [-0.15, -0.1) is 0 Å². The first kappa shape index (κ1) is 20.2. The summed E-state index contributed by atoms with van der Waals surface area (Å²) < 4.78 is 31.1. The van der Waals surface area contributed by atoms with Crippen molar-refractivity contribution in [3.8, 4) is 5.75 Å². The Morgan fingerprint density at radius 2 is 1.96 bits per heavy atom. The second kappa shape index (κ2) is 7.83. The molecule has 0 bridgehead atoms. The number of amides is 1. The number of fused-ring (bicyclic) bond motifs is 1. The summed E-state index contributed by atoms with van der Waals surface area (Å²) in [5.74, 6) is 0.615. The highest BCUT2D eigenvalue weighted by Crippen LogP contribution is 2.34. The molecule has 1 amide bonds. The molecule has 7 heteroatoms. The number of carbonyl (C=O) groups excluding carboxylic acids is 1. The average molecular weight is 403 g/mol. The first-order chi connectivity index (χ1) is 13.2. The van der Waals surface area contributed by atoms with Crippen LogP contribution in [0.5, 0.6) is 5.75 Å². The largest absolute Gasteiger partial charge is 0.491 e. The SMILES string of the molecule is Cc1ccc(OCCNC(=O)c2ccc3c(c2)C[C@@H](C)N3S(C)(=O)=O)c(C)c1. The van der Waals surface area contributed by atoms with E-state index in [1.165, 1.54) is 16.1 Å². The summed E-state index contributed by atoms with van der Waals surface area (Å²) in [5, 5.41) is 2.85. The van der Waals surface area contributed by atoms with Gasteiger partial charge in [-0.25, -0.2) is 8.42 Å². The summed E-state index contributed by atoms with van der Waals surface area (Å²) in [6.07, 6.45) is 1.80.